The molecule has 0 aliphatic carbocycles. The Bertz CT molecular complexity index is 4580. The van der Waals surface area contributed by atoms with E-state index in [0.29, 0.717) is 131 Å². The molecule has 0 aliphatic heterocycles. The molecule has 9 aromatic rings. The number of benzene rings is 9. The summed E-state index contributed by atoms with van der Waals surface area (Å²) < 4.78 is 38.5. The Labute approximate surface area is 718 Å². The number of hydrogen-bond acceptors (Lipinski definition) is 12. The molecule has 0 aliphatic rings. The van der Waals surface area contributed by atoms with Crippen LogP contribution in [0.15, 0.2) is 224 Å². The van der Waals surface area contributed by atoms with Crippen LogP contribution in [0.5, 0.6) is 0 Å². The lowest BCUT2D eigenvalue weighted by Crippen LogP contribution is -2.48. The van der Waals surface area contributed by atoms with Crippen LogP contribution in [0.2, 0.25) is 20.1 Å². The highest BCUT2D eigenvalue weighted by atomic mass is 35.5. The third kappa shape index (κ3) is 32.5. The second-order valence-corrected chi connectivity index (χ2v) is 30.9. The van der Waals surface area contributed by atoms with Gasteiger partial charge in [-0.15, -0.1) is 0 Å². The van der Waals surface area contributed by atoms with Crippen LogP contribution in [0, 0.1) is 0 Å². The summed E-state index contributed by atoms with van der Waals surface area (Å²) in [6.45, 7) is 17.8. The first-order valence-electron chi connectivity index (χ1n) is 40.7. The number of amides is 6. The number of aliphatic hydroxyl groups is 3. The zero-order chi connectivity index (χ0) is 86.2. The number of alkyl halides is 3. The van der Waals surface area contributed by atoms with Crippen molar-refractivity contribution in [3.05, 3.63) is 317 Å². The average molecular weight is 1710 g/mol. The summed E-state index contributed by atoms with van der Waals surface area (Å²) in [5, 5.41) is 53.7. The molecule has 636 valence electrons. The Balaban J connectivity index is 0.000000246. The van der Waals surface area contributed by atoms with Crippen LogP contribution in [-0.2, 0) is 45.1 Å². The summed E-state index contributed by atoms with van der Waals surface area (Å²) in [7, 11) is 0. The fourth-order valence-electron chi connectivity index (χ4n) is 13.4. The zero-order valence-electron chi connectivity index (χ0n) is 68.5. The molecule has 0 fully saturated rings. The summed E-state index contributed by atoms with van der Waals surface area (Å²) in [4.78, 5) is 84.6. The van der Waals surface area contributed by atoms with E-state index in [0.717, 1.165) is 78.5 Å². The van der Waals surface area contributed by atoms with Gasteiger partial charge in [0.2, 0.25) is 0 Å². The van der Waals surface area contributed by atoms with Crippen LogP contribution in [0.3, 0.4) is 0 Å². The molecule has 0 heterocycles. The molecule has 0 saturated heterocycles. The van der Waals surface area contributed by atoms with E-state index < -0.39 is 54.1 Å². The lowest BCUT2D eigenvalue weighted by atomic mass is 10.00. The van der Waals surface area contributed by atoms with Crippen LogP contribution in [0.25, 0.3) is 0 Å². The first kappa shape index (κ1) is 96.6. The second-order valence-electron chi connectivity index (χ2n) is 29.2. The lowest BCUT2D eigenvalue weighted by Gasteiger charge is -2.25. The molecule has 0 saturated carbocycles. The maximum Gasteiger partial charge on any atom is 0.416 e. The molecular weight excluding hydrogens is 1600 g/mol. The fourth-order valence-corrected chi connectivity index (χ4v) is 14.4. The summed E-state index contributed by atoms with van der Waals surface area (Å²) >= 11 is 24.6. The van der Waals surface area contributed by atoms with Gasteiger partial charge in [-0.1, -0.05) is 221 Å². The monoisotopic (exact) mass is 1710 g/mol. The Morgan fingerprint density at radius 2 is 0.647 bits per heavy atom. The summed E-state index contributed by atoms with van der Waals surface area (Å²) in [6.07, 6.45) is -0.808. The Hall–Kier alpha value is -9.49. The number of carbonyl (C=O) groups is 6. The minimum Gasteiger partial charge on any atom is -0.390 e. The summed E-state index contributed by atoms with van der Waals surface area (Å²) in [5.41, 5.74) is 6.96. The van der Waals surface area contributed by atoms with Gasteiger partial charge in [0, 0.05) is 122 Å². The summed E-state index contributed by atoms with van der Waals surface area (Å²) in [6, 6.07) is 62.6. The molecule has 0 bridgehead atoms. The van der Waals surface area contributed by atoms with E-state index in [2.05, 4.69) is 31.9 Å². The maximum atomic E-state index is 13.3. The molecule has 9 aromatic carbocycles. The van der Waals surface area contributed by atoms with Gasteiger partial charge in [-0.2, -0.15) is 13.2 Å². The van der Waals surface area contributed by atoms with Crippen molar-refractivity contribution in [1.82, 2.24) is 46.6 Å². The number of nitrogens with one attached hydrogen (secondary N) is 6. The van der Waals surface area contributed by atoms with Crippen molar-refractivity contribution in [3.63, 3.8) is 0 Å². The van der Waals surface area contributed by atoms with Gasteiger partial charge >= 0.3 is 6.18 Å². The van der Waals surface area contributed by atoms with Gasteiger partial charge in [0.1, 0.15) is 0 Å². The predicted molar refractivity (Wildman–Crippen MR) is 470 cm³/mol. The van der Waals surface area contributed by atoms with Crippen molar-refractivity contribution < 1.29 is 57.3 Å². The third-order valence-corrected chi connectivity index (χ3v) is 20.7. The minimum atomic E-state index is -4.40. The van der Waals surface area contributed by atoms with E-state index >= 15 is 0 Å². The SMILES string of the molecule is CCCN(CCC)C(=O)c1cccc(C(=O)N[C@@H](Cc2ccccc2)[C@H](O)CNCc2cc(Cl)cc(Cl)c2)c1.CCCN(CCC)C(=O)c1cccc(C(=O)N[C@@H](Cc2ccccc2)[C@H](O)CNCc2ccc(C(F)(F)F)cc2)c1.CCCN(CCC)C(=O)c1cccc(C(=O)N[C@@H](Cc2ccccc2)[C@H](O)CNCc2cccc(Cl)c2Cl)c1. The Kier molecular flexibility index (Phi) is 41.6. The number of carbonyl (C=O) groups excluding carboxylic acids is 6. The van der Waals surface area contributed by atoms with Gasteiger partial charge < -0.3 is 61.9 Å². The number of hydrogen-bond donors (Lipinski definition) is 9. The Morgan fingerprint density at radius 3 is 0.966 bits per heavy atom. The van der Waals surface area contributed by atoms with Crippen LogP contribution >= 0.6 is 46.4 Å². The summed E-state index contributed by atoms with van der Waals surface area (Å²) in [5.74, 6) is -1.40. The van der Waals surface area contributed by atoms with Crippen LogP contribution in [0.4, 0.5) is 13.2 Å². The van der Waals surface area contributed by atoms with Crippen molar-refractivity contribution in [2.24, 2.45) is 0 Å². The molecule has 18 nitrogen and oxygen atoms in total. The molecule has 9 N–H and O–H groups in total. The number of rotatable bonds is 42. The van der Waals surface area contributed by atoms with Crippen LogP contribution in [-0.4, -0.2) is 161 Å². The van der Waals surface area contributed by atoms with Gasteiger partial charge in [0.05, 0.1) is 52.0 Å². The van der Waals surface area contributed by atoms with E-state index in [4.69, 9.17) is 46.4 Å². The maximum absolute atomic E-state index is 13.3. The van der Waals surface area contributed by atoms with Gasteiger partial charge in [0.15, 0.2) is 0 Å². The molecule has 0 spiro atoms. The smallest absolute Gasteiger partial charge is 0.390 e. The molecule has 25 heteroatoms. The van der Waals surface area contributed by atoms with E-state index in [1.807, 2.05) is 167 Å². The molecular formula is C94H112Cl4F3N9O9. The molecule has 119 heavy (non-hydrogen) atoms. The number of nitrogens with zero attached hydrogens (tertiary/aromatic N) is 3. The van der Waals surface area contributed by atoms with E-state index in [1.54, 1.807) is 89.8 Å². The van der Waals surface area contributed by atoms with Gasteiger partial charge in [-0.3, -0.25) is 28.8 Å². The highest BCUT2D eigenvalue weighted by Gasteiger charge is 2.31. The molecule has 6 atom stereocenters. The third-order valence-electron chi connectivity index (χ3n) is 19.4. The molecule has 0 aromatic heterocycles. The van der Waals surface area contributed by atoms with Gasteiger partial charge in [-0.05, 0) is 182 Å². The second kappa shape index (κ2) is 51.2. The molecule has 9 rings (SSSR count). The van der Waals surface area contributed by atoms with Crippen LogP contribution < -0.4 is 31.9 Å². The van der Waals surface area contributed by atoms with Crippen LogP contribution in [0.1, 0.15) is 181 Å². The first-order chi connectivity index (χ1) is 57.2. The topological polar surface area (TPSA) is 245 Å². The van der Waals surface area contributed by atoms with Crippen molar-refractivity contribution in [2.75, 3.05) is 58.9 Å². The highest BCUT2D eigenvalue weighted by molar-refractivity contribution is 6.42. The predicted octanol–water partition coefficient (Wildman–Crippen LogP) is 17.0. The van der Waals surface area contributed by atoms with Crippen molar-refractivity contribution in [2.45, 2.75) is 162 Å². The van der Waals surface area contributed by atoms with Crippen molar-refractivity contribution in [3.8, 4) is 0 Å². The van der Waals surface area contributed by atoms with E-state index in [1.165, 1.54) is 12.1 Å². The van der Waals surface area contributed by atoms with Gasteiger partial charge in [0.25, 0.3) is 35.4 Å². The van der Waals surface area contributed by atoms with E-state index in [-0.39, 0.29) is 55.7 Å². The quantitative estimate of drug-likeness (QED) is 0.0173. The lowest BCUT2D eigenvalue weighted by molar-refractivity contribution is -0.137. The molecule has 6 amide bonds. The average Bonchev–Trinajstić information content (AvgIpc) is 0.842. The highest BCUT2D eigenvalue weighted by Crippen LogP contribution is 2.30. The van der Waals surface area contributed by atoms with Gasteiger partial charge in [-0.25, -0.2) is 0 Å². The molecule has 0 unspecified atom stereocenters. The molecule has 0 radical (unpaired) electrons. The number of aliphatic hydroxyl groups excluding tert-OH is 3. The normalized spacial score (nSPS) is 12.7. The fraction of sp³-hybridized carbons (Fsp3) is 0.362. The van der Waals surface area contributed by atoms with E-state index in [9.17, 15) is 57.3 Å². The first-order valence-corrected chi connectivity index (χ1v) is 42.2. The zero-order valence-corrected chi connectivity index (χ0v) is 71.5. The number of halogens is 7. The minimum absolute atomic E-state index is 0.0838. The Morgan fingerprint density at radius 1 is 0.345 bits per heavy atom. The van der Waals surface area contributed by atoms with Crippen molar-refractivity contribution in [1.29, 1.82) is 0 Å². The van der Waals surface area contributed by atoms with Crippen molar-refractivity contribution >= 4 is 81.8 Å². The largest absolute Gasteiger partial charge is 0.416 e. The standard InChI is InChI=1S/C32H38F3N3O3.2C31H37Cl2N3O3/c1-3-17-38(18-4-2)31(41)26-12-8-11-25(20-26)30(40)37-28(19-23-9-6-5-7-10-23)29(39)22-36-21-24-13-15-27(16-14-24)32(33,34)35;1-3-16-36(17-4-2)31(39)24-13-8-12-23(19-24)30(38)35-27(18-22-10-6-5-7-11-22)28(37)21-34-20-25-14-9-15-26(32)29(25)33;1-3-13-36(14-4-2)31(39)25-12-8-11-24(18-25)30(38)35-28(17-22-9-6-5-7-10-22)29(37)21-34-20-23-15-26(32)19-27(33)16-23/h5-16,20,28-29,36,39H,3-4,17-19,21-22H2,1-2H3,(H,37,40);5-15,19,27-28,34,37H,3-4,16-18,20-21H2,1-2H3,(H,35,38);5-12,15-16,18-19,28-29,34,37H,3-4,13-14,17,20-21H2,1-2H3,(H,35,38)/t28-,29+;27-,28+;28-,29+/m000/s1.